The quantitative estimate of drug-likeness (QED) is 0.578. The molecule has 2 heterocycles. The van der Waals surface area contributed by atoms with Gasteiger partial charge in [-0.2, -0.15) is 0 Å². The number of ether oxygens (including phenoxy) is 1. The van der Waals surface area contributed by atoms with Crippen molar-refractivity contribution >= 4 is 11.8 Å². The highest BCUT2D eigenvalue weighted by Gasteiger charge is 2.29. The molecule has 84 valence electrons. The van der Waals surface area contributed by atoms with Gasteiger partial charge in [-0.3, -0.25) is 9.59 Å². The Morgan fingerprint density at radius 1 is 1.47 bits per heavy atom. The molecule has 0 bridgehead atoms. The van der Waals surface area contributed by atoms with E-state index in [0.29, 0.717) is 32.6 Å². The molecule has 1 atom stereocenters. The van der Waals surface area contributed by atoms with Gasteiger partial charge in [-0.05, 0) is 0 Å². The lowest BCUT2D eigenvalue weighted by Crippen LogP contribution is -2.36. The largest absolute Gasteiger partial charge is 0.371 e. The van der Waals surface area contributed by atoms with E-state index in [0.717, 1.165) is 6.61 Å². The van der Waals surface area contributed by atoms with Crippen molar-refractivity contribution in [3.8, 4) is 0 Å². The molecule has 0 aromatic heterocycles. The number of hydrogen-bond donors (Lipinski definition) is 0. The molecule has 0 radical (unpaired) electrons. The maximum atomic E-state index is 11.7. The minimum atomic E-state index is 0.0484. The molecule has 0 aromatic carbocycles. The lowest BCUT2D eigenvalue weighted by molar-refractivity contribution is -0.130. The third kappa shape index (κ3) is 2.68. The summed E-state index contributed by atoms with van der Waals surface area (Å²) in [6, 6.07) is 0. The first kappa shape index (κ1) is 10.4. The molecule has 2 amide bonds. The van der Waals surface area contributed by atoms with Crippen LogP contribution >= 0.6 is 0 Å². The molecule has 1 unspecified atom stereocenters. The topological polar surface area (TPSA) is 53.2 Å². The third-order valence-corrected chi connectivity index (χ3v) is 2.86. The van der Waals surface area contributed by atoms with Gasteiger partial charge in [0.1, 0.15) is 0 Å². The molecule has 2 aliphatic rings. The highest BCUT2D eigenvalue weighted by atomic mass is 16.6. The van der Waals surface area contributed by atoms with Crippen molar-refractivity contribution in [3.05, 3.63) is 0 Å². The van der Waals surface area contributed by atoms with Crippen LogP contribution in [-0.4, -0.2) is 60.5 Å². The standard InChI is InChI=1S/C10H16N2O3/c1-8(13)11-3-2-10(14)12(5-4-11)6-9-7-15-9/h9H,2-7H2,1H3. The highest BCUT2D eigenvalue weighted by molar-refractivity contribution is 5.79. The summed E-state index contributed by atoms with van der Waals surface area (Å²) in [5, 5.41) is 0. The Labute approximate surface area is 89.0 Å². The zero-order valence-electron chi connectivity index (χ0n) is 8.94. The summed E-state index contributed by atoms with van der Waals surface area (Å²) in [5.74, 6) is 0.182. The zero-order valence-corrected chi connectivity index (χ0v) is 8.94. The van der Waals surface area contributed by atoms with E-state index in [1.165, 1.54) is 0 Å². The Bertz CT molecular complexity index is 276. The number of carbonyl (C=O) groups excluding carboxylic acids is 2. The maximum absolute atomic E-state index is 11.7. The fourth-order valence-electron chi connectivity index (χ4n) is 1.79. The van der Waals surface area contributed by atoms with Gasteiger partial charge in [-0.25, -0.2) is 0 Å². The average molecular weight is 212 g/mol. The first-order valence-electron chi connectivity index (χ1n) is 5.31. The lowest BCUT2D eigenvalue weighted by atomic mass is 10.3. The molecule has 0 spiro atoms. The second-order valence-corrected chi connectivity index (χ2v) is 4.05. The second-order valence-electron chi connectivity index (χ2n) is 4.05. The summed E-state index contributed by atoms with van der Waals surface area (Å²) in [7, 11) is 0. The molecular formula is C10H16N2O3. The van der Waals surface area contributed by atoms with E-state index in [4.69, 9.17) is 4.74 Å². The van der Waals surface area contributed by atoms with Crippen LogP contribution < -0.4 is 0 Å². The van der Waals surface area contributed by atoms with Crippen molar-refractivity contribution in [2.45, 2.75) is 19.4 Å². The van der Waals surface area contributed by atoms with E-state index in [9.17, 15) is 9.59 Å². The Balaban J connectivity index is 1.90. The predicted molar refractivity (Wildman–Crippen MR) is 53.2 cm³/mol. The van der Waals surface area contributed by atoms with Crippen molar-refractivity contribution in [1.29, 1.82) is 0 Å². The number of amides is 2. The summed E-state index contributed by atoms with van der Waals surface area (Å²) < 4.78 is 5.10. The van der Waals surface area contributed by atoms with Gasteiger partial charge in [-0.15, -0.1) is 0 Å². The van der Waals surface area contributed by atoms with Gasteiger partial charge < -0.3 is 14.5 Å². The molecular weight excluding hydrogens is 196 g/mol. The molecule has 0 aliphatic carbocycles. The van der Waals surface area contributed by atoms with Crippen molar-refractivity contribution in [2.24, 2.45) is 0 Å². The fraction of sp³-hybridized carbons (Fsp3) is 0.800. The van der Waals surface area contributed by atoms with Crippen LogP contribution in [0.2, 0.25) is 0 Å². The van der Waals surface area contributed by atoms with E-state index in [1.807, 2.05) is 0 Å². The Morgan fingerprint density at radius 2 is 2.20 bits per heavy atom. The summed E-state index contributed by atoms with van der Waals surface area (Å²) >= 11 is 0. The molecule has 15 heavy (non-hydrogen) atoms. The van der Waals surface area contributed by atoms with Gasteiger partial charge in [0.2, 0.25) is 11.8 Å². The Morgan fingerprint density at radius 3 is 2.80 bits per heavy atom. The normalized spacial score (nSPS) is 26.5. The van der Waals surface area contributed by atoms with Gasteiger partial charge in [0.15, 0.2) is 0 Å². The van der Waals surface area contributed by atoms with E-state index < -0.39 is 0 Å². The van der Waals surface area contributed by atoms with Gasteiger partial charge in [-0.1, -0.05) is 0 Å². The summed E-state index contributed by atoms with van der Waals surface area (Å²) in [6.45, 7) is 4.83. The van der Waals surface area contributed by atoms with Crippen LogP contribution in [0.25, 0.3) is 0 Å². The Hall–Kier alpha value is -1.10. The summed E-state index contributed by atoms with van der Waals surface area (Å²) in [5.41, 5.74) is 0. The molecule has 0 aromatic rings. The molecule has 2 fully saturated rings. The minimum Gasteiger partial charge on any atom is -0.371 e. The van der Waals surface area contributed by atoms with Crippen molar-refractivity contribution in [1.82, 2.24) is 9.80 Å². The van der Waals surface area contributed by atoms with E-state index in [2.05, 4.69) is 0 Å². The minimum absolute atomic E-state index is 0.0484. The molecule has 2 aliphatic heterocycles. The van der Waals surface area contributed by atoms with Gasteiger partial charge >= 0.3 is 0 Å². The number of nitrogens with zero attached hydrogens (tertiary/aromatic N) is 2. The van der Waals surface area contributed by atoms with Crippen molar-refractivity contribution in [2.75, 3.05) is 32.8 Å². The first-order valence-corrected chi connectivity index (χ1v) is 5.31. The number of carbonyl (C=O) groups is 2. The molecule has 0 saturated carbocycles. The van der Waals surface area contributed by atoms with E-state index in [1.54, 1.807) is 16.7 Å². The first-order chi connectivity index (χ1) is 7.16. The number of hydrogen-bond acceptors (Lipinski definition) is 3. The smallest absolute Gasteiger partial charge is 0.224 e. The molecule has 0 N–H and O–H groups in total. The molecule has 5 heteroatoms. The van der Waals surface area contributed by atoms with Crippen LogP contribution in [0.4, 0.5) is 0 Å². The fourth-order valence-corrected chi connectivity index (χ4v) is 1.79. The lowest BCUT2D eigenvalue weighted by Gasteiger charge is -2.20. The van der Waals surface area contributed by atoms with Crippen LogP contribution in [0.3, 0.4) is 0 Å². The zero-order chi connectivity index (χ0) is 10.8. The summed E-state index contributed by atoms with van der Waals surface area (Å²) in [6.07, 6.45) is 0.671. The predicted octanol–water partition coefficient (Wildman–Crippen LogP) is -0.534. The van der Waals surface area contributed by atoms with Crippen LogP contribution in [0, 0.1) is 0 Å². The monoisotopic (exact) mass is 212 g/mol. The molecule has 5 nitrogen and oxygen atoms in total. The van der Waals surface area contributed by atoms with E-state index >= 15 is 0 Å². The van der Waals surface area contributed by atoms with E-state index in [-0.39, 0.29) is 17.9 Å². The second kappa shape index (κ2) is 4.18. The Kier molecular flexibility index (Phi) is 2.90. The third-order valence-electron chi connectivity index (χ3n) is 2.86. The van der Waals surface area contributed by atoms with Crippen molar-refractivity contribution < 1.29 is 14.3 Å². The number of epoxide rings is 1. The number of rotatable bonds is 2. The van der Waals surface area contributed by atoms with Crippen LogP contribution in [0.5, 0.6) is 0 Å². The highest BCUT2D eigenvalue weighted by Crippen LogP contribution is 2.13. The van der Waals surface area contributed by atoms with Crippen LogP contribution in [-0.2, 0) is 14.3 Å². The summed E-state index contributed by atoms with van der Waals surface area (Å²) in [4.78, 5) is 26.4. The van der Waals surface area contributed by atoms with Crippen LogP contribution in [0.15, 0.2) is 0 Å². The molecule has 2 rings (SSSR count). The van der Waals surface area contributed by atoms with Crippen molar-refractivity contribution in [3.63, 3.8) is 0 Å². The average Bonchev–Trinajstić information content (AvgIpc) is 2.98. The van der Waals surface area contributed by atoms with Gasteiger partial charge in [0.05, 0.1) is 12.7 Å². The van der Waals surface area contributed by atoms with Gasteiger partial charge in [0.25, 0.3) is 0 Å². The SMILES string of the molecule is CC(=O)N1CCC(=O)N(CC2CO2)CC1. The van der Waals surface area contributed by atoms with Gasteiger partial charge in [0, 0.05) is 39.5 Å². The van der Waals surface area contributed by atoms with Crippen LogP contribution in [0.1, 0.15) is 13.3 Å². The maximum Gasteiger partial charge on any atom is 0.224 e. The molecule has 2 saturated heterocycles.